The summed E-state index contributed by atoms with van der Waals surface area (Å²) >= 11 is 14.8. The number of aromatic nitrogens is 1. The Morgan fingerprint density at radius 3 is 2.60 bits per heavy atom. The molecule has 0 fully saturated rings. The summed E-state index contributed by atoms with van der Waals surface area (Å²) in [6.07, 6.45) is 0. The smallest absolute Gasteiger partial charge is 0.230 e. The minimum atomic E-state index is 0.252. The maximum Gasteiger partial charge on any atom is 0.230 e. The summed E-state index contributed by atoms with van der Waals surface area (Å²) in [5, 5.41) is 4.68. The Morgan fingerprint density at radius 1 is 1.20 bits per heavy atom. The summed E-state index contributed by atoms with van der Waals surface area (Å²) in [6, 6.07) is 9.43. The Balaban J connectivity index is 2.26. The molecule has 0 unspecified atom stereocenters. The van der Waals surface area contributed by atoms with Gasteiger partial charge in [0.1, 0.15) is 5.69 Å². The van der Waals surface area contributed by atoms with Gasteiger partial charge in [0.25, 0.3) is 0 Å². The summed E-state index contributed by atoms with van der Waals surface area (Å²) in [5.41, 5.74) is 9.02. The van der Waals surface area contributed by atoms with Crippen molar-refractivity contribution in [2.45, 2.75) is 0 Å². The zero-order valence-electron chi connectivity index (χ0n) is 9.86. The van der Waals surface area contributed by atoms with Crippen LogP contribution in [0.3, 0.4) is 0 Å². The minimum Gasteiger partial charge on any atom is -0.367 e. The van der Waals surface area contributed by atoms with Gasteiger partial charge in [-0.1, -0.05) is 35.0 Å². The minimum absolute atomic E-state index is 0.252. The van der Waals surface area contributed by atoms with Gasteiger partial charge in [-0.15, -0.1) is 11.3 Å². The second kappa shape index (κ2) is 5.52. The monoisotopic (exact) mass is 432 g/mol. The van der Waals surface area contributed by atoms with Crippen molar-refractivity contribution in [2.75, 3.05) is 5.73 Å². The van der Waals surface area contributed by atoms with Gasteiger partial charge in [0.2, 0.25) is 5.88 Å². The highest BCUT2D eigenvalue weighted by atomic mass is 79.9. The molecule has 2 N–H and O–H groups in total. The number of nitrogens with two attached hydrogens (primary N) is 1. The van der Waals surface area contributed by atoms with E-state index in [0.29, 0.717) is 16.3 Å². The van der Waals surface area contributed by atoms with Gasteiger partial charge in [0, 0.05) is 16.1 Å². The summed E-state index contributed by atoms with van der Waals surface area (Å²) in [6.45, 7) is 0. The molecule has 0 bridgehead atoms. The Hall–Kier alpha value is -0.820. The fourth-order valence-corrected chi connectivity index (χ4v) is 4.95. The normalized spacial score (nSPS) is 10.9. The molecule has 0 aliphatic rings. The van der Waals surface area contributed by atoms with Crippen LogP contribution in [0.2, 0.25) is 5.02 Å². The molecule has 20 heavy (non-hydrogen) atoms. The molecule has 0 amide bonds. The van der Waals surface area contributed by atoms with E-state index in [0.717, 1.165) is 18.7 Å². The van der Waals surface area contributed by atoms with Crippen molar-refractivity contribution in [2.24, 2.45) is 0 Å². The zero-order chi connectivity index (χ0) is 14.3. The molecule has 3 nitrogen and oxygen atoms in total. The van der Waals surface area contributed by atoms with Crippen LogP contribution >= 0.6 is 54.8 Å². The second-order valence-electron chi connectivity index (χ2n) is 3.99. The van der Waals surface area contributed by atoms with Gasteiger partial charge in [-0.3, -0.25) is 0 Å². The lowest BCUT2D eigenvalue weighted by molar-refractivity contribution is 0.439. The molecule has 3 aromatic rings. The predicted molar refractivity (Wildman–Crippen MR) is 90.1 cm³/mol. The average molecular weight is 435 g/mol. The molecular formula is C13H7Br2ClN2OS. The van der Waals surface area contributed by atoms with Crippen LogP contribution in [-0.2, 0) is 0 Å². The lowest BCUT2D eigenvalue weighted by Gasteiger charge is -2.04. The number of benzene rings is 1. The summed E-state index contributed by atoms with van der Waals surface area (Å²) in [7, 11) is 0. The fourth-order valence-electron chi connectivity index (χ4n) is 1.91. The molecule has 0 aliphatic heterocycles. The second-order valence-corrected chi connectivity index (χ2v) is 8.14. The average Bonchev–Trinajstić information content (AvgIpc) is 2.93. The molecule has 0 radical (unpaired) electrons. The van der Waals surface area contributed by atoms with Crippen LogP contribution < -0.4 is 5.73 Å². The van der Waals surface area contributed by atoms with Gasteiger partial charge < -0.3 is 10.3 Å². The summed E-state index contributed by atoms with van der Waals surface area (Å²) < 4.78 is 7.10. The van der Waals surface area contributed by atoms with Crippen LogP contribution in [0.5, 0.6) is 0 Å². The molecule has 2 heterocycles. The highest BCUT2D eigenvalue weighted by Crippen LogP contribution is 2.45. The van der Waals surface area contributed by atoms with Gasteiger partial charge in [-0.2, -0.15) is 0 Å². The third-order valence-electron chi connectivity index (χ3n) is 2.77. The van der Waals surface area contributed by atoms with E-state index in [1.165, 1.54) is 0 Å². The van der Waals surface area contributed by atoms with Crippen LogP contribution in [0.4, 0.5) is 5.88 Å². The number of hydrogen-bond acceptors (Lipinski definition) is 4. The van der Waals surface area contributed by atoms with Crippen molar-refractivity contribution in [1.29, 1.82) is 0 Å². The van der Waals surface area contributed by atoms with Crippen molar-refractivity contribution in [3.05, 3.63) is 42.9 Å². The van der Waals surface area contributed by atoms with E-state index >= 15 is 0 Å². The number of halogens is 3. The third kappa shape index (κ3) is 2.41. The van der Waals surface area contributed by atoms with E-state index in [9.17, 15) is 0 Å². The first-order chi connectivity index (χ1) is 9.58. The van der Waals surface area contributed by atoms with E-state index in [1.54, 1.807) is 11.3 Å². The van der Waals surface area contributed by atoms with Crippen molar-refractivity contribution < 1.29 is 4.52 Å². The number of anilines is 1. The first kappa shape index (κ1) is 14.1. The van der Waals surface area contributed by atoms with Crippen LogP contribution in [0.1, 0.15) is 0 Å². The number of nitrogen functional groups attached to an aromatic ring is 1. The van der Waals surface area contributed by atoms with Gasteiger partial charge in [-0.05, 0) is 44.0 Å². The molecule has 0 spiro atoms. The largest absolute Gasteiger partial charge is 0.367 e. The topological polar surface area (TPSA) is 52.0 Å². The molecule has 0 aliphatic carbocycles. The van der Waals surface area contributed by atoms with E-state index in [2.05, 4.69) is 37.0 Å². The highest BCUT2D eigenvalue weighted by Gasteiger charge is 2.22. The first-order valence-corrected chi connectivity index (χ1v) is 8.31. The molecule has 2 aromatic heterocycles. The molecule has 7 heteroatoms. The Morgan fingerprint density at radius 2 is 1.95 bits per heavy atom. The van der Waals surface area contributed by atoms with Gasteiger partial charge in [0.05, 0.1) is 13.1 Å². The zero-order valence-corrected chi connectivity index (χ0v) is 14.6. The number of rotatable bonds is 2. The lowest BCUT2D eigenvalue weighted by Crippen LogP contribution is -1.88. The molecule has 0 saturated carbocycles. The molecule has 1 aromatic carbocycles. The SMILES string of the molecule is Nc1onc(-c2cc(Br)sc2Br)c1-c1ccccc1Cl. The maximum absolute atomic E-state index is 6.25. The standard InChI is InChI=1S/C13H7Br2ClN2OS/c14-9-5-7(12(15)20-9)11-10(13(17)19-18-11)6-3-1-2-4-8(6)16/h1-5H,17H2. The summed E-state index contributed by atoms with van der Waals surface area (Å²) in [5.74, 6) is 0.252. The summed E-state index contributed by atoms with van der Waals surface area (Å²) in [4.78, 5) is 0. The fraction of sp³-hybridized carbons (Fsp3) is 0. The highest BCUT2D eigenvalue weighted by molar-refractivity contribution is 9.12. The number of thiophene rings is 1. The molecule has 0 atom stereocenters. The Bertz CT molecular complexity index is 785. The molecule has 0 saturated heterocycles. The van der Waals surface area contributed by atoms with Gasteiger partial charge in [0.15, 0.2) is 0 Å². The van der Waals surface area contributed by atoms with Crippen LogP contribution in [0.15, 0.2) is 42.4 Å². The maximum atomic E-state index is 6.25. The van der Waals surface area contributed by atoms with Crippen molar-refractivity contribution in [3.63, 3.8) is 0 Å². The first-order valence-electron chi connectivity index (χ1n) is 5.53. The van der Waals surface area contributed by atoms with Crippen LogP contribution in [0, 0.1) is 0 Å². The van der Waals surface area contributed by atoms with E-state index < -0.39 is 0 Å². The van der Waals surface area contributed by atoms with Crippen molar-refractivity contribution in [3.8, 4) is 22.4 Å². The predicted octanol–water partition coefficient (Wildman–Crippen LogP) is 5.83. The lowest BCUT2D eigenvalue weighted by atomic mass is 10.0. The van der Waals surface area contributed by atoms with E-state index in [-0.39, 0.29) is 5.88 Å². The van der Waals surface area contributed by atoms with Gasteiger partial charge in [-0.25, -0.2) is 0 Å². The molecular weight excluding hydrogens is 427 g/mol. The van der Waals surface area contributed by atoms with Crippen LogP contribution in [-0.4, -0.2) is 5.16 Å². The van der Waals surface area contributed by atoms with Crippen LogP contribution in [0.25, 0.3) is 22.4 Å². The van der Waals surface area contributed by atoms with Crippen molar-refractivity contribution in [1.82, 2.24) is 5.16 Å². The number of nitrogens with zero attached hydrogens (tertiary/aromatic N) is 1. The van der Waals surface area contributed by atoms with Crippen molar-refractivity contribution >= 4 is 60.7 Å². The Kier molecular flexibility index (Phi) is 3.90. The van der Waals surface area contributed by atoms with E-state index in [4.69, 9.17) is 21.9 Å². The molecule has 102 valence electrons. The Labute approximate surface area is 141 Å². The van der Waals surface area contributed by atoms with Gasteiger partial charge >= 0.3 is 0 Å². The quantitative estimate of drug-likeness (QED) is 0.552. The van der Waals surface area contributed by atoms with E-state index in [1.807, 2.05) is 30.3 Å². The third-order valence-corrected chi connectivity index (χ3v) is 5.44. The molecule has 3 rings (SSSR count). The number of hydrogen-bond donors (Lipinski definition) is 1.